The number of aryl methyl sites for hydroxylation is 1. The molecule has 0 aromatic heterocycles. The summed E-state index contributed by atoms with van der Waals surface area (Å²) in [6, 6.07) is 7.43. The third-order valence-corrected chi connectivity index (χ3v) is 6.57. The summed E-state index contributed by atoms with van der Waals surface area (Å²) < 4.78 is 31.4. The van der Waals surface area contributed by atoms with Crippen molar-refractivity contribution in [1.29, 1.82) is 0 Å². The third-order valence-electron chi connectivity index (χ3n) is 5.24. The molecule has 2 saturated heterocycles. The van der Waals surface area contributed by atoms with Gasteiger partial charge in [0.2, 0.25) is 10.0 Å². The molecular weight excluding hydrogens is 366 g/mol. The number of carbonyl (C=O) groups excluding carboxylic acids is 1. The van der Waals surface area contributed by atoms with Gasteiger partial charge in [0.25, 0.3) is 5.91 Å². The monoisotopic (exact) mass is 395 g/mol. The van der Waals surface area contributed by atoms with Gasteiger partial charge in [0.1, 0.15) is 5.75 Å². The predicted octanol–water partition coefficient (Wildman–Crippen LogP) is 0.942. The van der Waals surface area contributed by atoms with E-state index in [4.69, 9.17) is 4.74 Å². The van der Waals surface area contributed by atoms with Crippen LogP contribution in [0, 0.1) is 6.92 Å². The van der Waals surface area contributed by atoms with Crippen molar-refractivity contribution in [1.82, 2.24) is 14.1 Å². The number of amides is 1. The van der Waals surface area contributed by atoms with Crippen LogP contribution in [0.25, 0.3) is 0 Å². The van der Waals surface area contributed by atoms with E-state index >= 15 is 0 Å². The fraction of sp³-hybridized carbons (Fsp3) is 0.632. The summed E-state index contributed by atoms with van der Waals surface area (Å²) in [5.41, 5.74) is 1.07. The lowest BCUT2D eigenvalue weighted by Gasteiger charge is -2.44. The first kappa shape index (κ1) is 20.1. The van der Waals surface area contributed by atoms with E-state index in [-0.39, 0.29) is 18.6 Å². The molecule has 2 heterocycles. The zero-order valence-electron chi connectivity index (χ0n) is 16.1. The largest absolute Gasteiger partial charge is 0.484 e. The highest BCUT2D eigenvalue weighted by Gasteiger charge is 2.38. The van der Waals surface area contributed by atoms with Crippen LogP contribution in [0.4, 0.5) is 0 Å². The molecule has 0 N–H and O–H groups in total. The number of nitrogens with zero attached hydrogens (tertiary/aromatic N) is 3. The van der Waals surface area contributed by atoms with E-state index in [9.17, 15) is 13.2 Å². The average molecular weight is 396 g/mol. The molecule has 0 atom stereocenters. The van der Waals surface area contributed by atoms with Gasteiger partial charge in [0, 0.05) is 26.2 Å². The molecule has 7 nitrogen and oxygen atoms in total. The standard InChI is InChI=1S/C19H29N3O4S/c1-16-6-5-7-18(12-16)26-15-19(23)21-13-17(14-21)22(27(2,24)25)11-10-20-8-3-4-9-20/h5-7,12,17H,3-4,8-11,13-15H2,1-2H3. The number of carbonyl (C=O) groups is 1. The fourth-order valence-corrected chi connectivity index (χ4v) is 4.74. The summed E-state index contributed by atoms with van der Waals surface area (Å²) in [7, 11) is -3.29. The Labute approximate surface area is 161 Å². The first-order chi connectivity index (χ1) is 12.8. The van der Waals surface area contributed by atoms with E-state index in [2.05, 4.69) is 4.90 Å². The highest BCUT2D eigenvalue weighted by molar-refractivity contribution is 7.88. The zero-order valence-corrected chi connectivity index (χ0v) is 17.0. The number of rotatable bonds is 8. The molecule has 0 spiro atoms. The Hall–Kier alpha value is -1.64. The van der Waals surface area contributed by atoms with Crippen molar-refractivity contribution in [2.24, 2.45) is 0 Å². The van der Waals surface area contributed by atoms with E-state index in [1.807, 2.05) is 31.2 Å². The zero-order chi connectivity index (χ0) is 19.4. The maximum atomic E-state index is 12.3. The van der Waals surface area contributed by atoms with Gasteiger partial charge in [0.05, 0.1) is 12.3 Å². The fourth-order valence-electron chi connectivity index (χ4n) is 3.65. The number of hydrogen-bond donors (Lipinski definition) is 0. The molecule has 0 unspecified atom stereocenters. The van der Waals surface area contributed by atoms with Crippen molar-refractivity contribution < 1.29 is 17.9 Å². The van der Waals surface area contributed by atoms with Crippen molar-refractivity contribution >= 4 is 15.9 Å². The minimum absolute atomic E-state index is 0.0250. The summed E-state index contributed by atoms with van der Waals surface area (Å²) in [6.07, 6.45) is 3.62. The van der Waals surface area contributed by atoms with Crippen molar-refractivity contribution in [2.75, 3.05) is 52.1 Å². The van der Waals surface area contributed by atoms with Crippen LogP contribution in [0.2, 0.25) is 0 Å². The van der Waals surface area contributed by atoms with E-state index < -0.39 is 10.0 Å². The lowest BCUT2D eigenvalue weighted by Crippen LogP contribution is -2.63. The van der Waals surface area contributed by atoms with Crippen LogP contribution in [0.1, 0.15) is 18.4 Å². The van der Waals surface area contributed by atoms with Crippen LogP contribution in [-0.2, 0) is 14.8 Å². The van der Waals surface area contributed by atoms with Crippen LogP contribution >= 0.6 is 0 Å². The Balaban J connectivity index is 1.47. The quantitative estimate of drug-likeness (QED) is 0.655. The van der Waals surface area contributed by atoms with Crippen LogP contribution in [0.3, 0.4) is 0 Å². The predicted molar refractivity (Wildman–Crippen MR) is 104 cm³/mol. The molecular formula is C19H29N3O4S. The van der Waals surface area contributed by atoms with Gasteiger partial charge in [-0.25, -0.2) is 8.42 Å². The molecule has 3 rings (SSSR count). The maximum absolute atomic E-state index is 12.3. The molecule has 0 bridgehead atoms. The van der Waals surface area contributed by atoms with Gasteiger partial charge in [-0.1, -0.05) is 12.1 Å². The number of likely N-dealkylation sites (tertiary alicyclic amines) is 2. The van der Waals surface area contributed by atoms with E-state index in [1.54, 1.807) is 9.21 Å². The Kier molecular flexibility index (Phi) is 6.39. The SMILES string of the molecule is Cc1cccc(OCC(=O)N2CC(N(CCN3CCCC3)S(C)(=O)=O)C2)c1. The molecule has 27 heavy (non-hydrogen) atoms. The summed E-state index contributed by atoms with van der Waals surface area (Å²) in [5, 5.41) is 0. The second kappa shape index (κ2) is 8.58. The van der Waals surface area contributed by atoms with Crippen molar-refractivity contribution in [2.45, 2.75) is 25.8 Å². The molecule has 0 saturated carbocycles. The minimum atomic E-state index is -3.29. The van der Waals surface area contributed by atoms with Gasteiger partial charge in [0.15, 0.2) is 6.61 Å². The second-order valence-electron chi connectivity index (χ2n) is 7.48. The van der Waals surface area contributed by atoms with Crippen molar-refractivity contribution in [3.63, 3.8) is 0 Å². The smallest absolute Gasteiger partial charge is 0.260 e. The molecule has 2 aliphatic heterocycles. The van der Waals surface area contributed by atoms with Gasteiger partial charge in [-0.05, 0) is 50.6 Å². The van der Waals surface area contributed by atoms with Crippen LogP contribution in [-0.4, -0.2) is 86.6 Å². The van der Waals surface area contributed by atoms with Gasteiger partial charge in [-0.15, -0.1) is 0 Å². The Morgan fingerprint density at radius 1 is 1.26 bits per heavy atom. The topological polar surface area (TPSA) is 70.2 Å². The number of sulfonamides is 1. The first-order valence-electron chi connectivity index (χ1n) is 9.49. The van der Waals surface area contributed by atoms with Crippen molar-refractivity contribution in [3.05, 3.63) is 29.8 Å². The number of ether oxygens (including phenoxy) is 1. The van der Waals surface area contributed by atoms with Gasteiger partial charge in [-0.3, -0.25) is 4.79 Å². The molecule has 8 heteroatoms. The van der Waals surface area contributed by atoms with Gasteiger partial charge in [-0.2, -0.15) is 4.31 Å². The molecule has 0 radical (unpaired) electrons. The highest BCUT2D eigenvalue weighted by Crippen LogP contribution is 2.19. The lowest BCUT2D eigenvalue weighted by atomic mass is 10.1. The van der Waals surface area contributed by atoms with Crippen LogP contribution in [0.15, 0.2) is 24.3 Å². The molecule has 2 aliphatic rings. The molecule has 2 fully saturated rings. The molecule has 150 valence electrons. The molecule has 1 aromatic carbocycles. The summed E-state index contributed by atoms with van der Waals surface area (Å²) in [5.74, 6) is 0.560. The molecule has 1 amide bonds. The number of benzene rings is 1. The van der Waals surface area contributed by atoms with E-state index in [1.165, 1.54) is 19.1 Å². The maximum Gasteiger partial charge on any atom is 0.260 e. The normalized spacial score (nSPS) is 18.7. The van der Waals surface area contributed by atoms with Gasteiger partial charge >= 0.3 is 0 Å². The van der Waals surface area contributed by atoms with Gasteiger partial charge < -0.3 is 14.5 Å². The Bertz CT molecular complexity index is 756. The second-order valence-corrected chi connectivity index (χ2v) is 9.42. The van der Waals surface area contributed by atoms with E-state index in [0.29, 0.717) is 25.4 Å². The Morgan fingerprint density at radius 3 is 2.59 bits per heavy atom. The summed E-state index contributed by atoms with van der Waals surface area (Å²) in [6.45, 7) is 6.15. The minimum Gasteiger partial charge on any atom is -0.484 e. The Morgan fingerprint density at radius 2 is 1.96 bits per heavy atom. The first-order valence-corrected chi connectivity index (χ1v) is 11.3. The lowest BCUT2D eigenvalue weighted by molar-refractivity contribution is -0.139. The average Bonchev–Trinajstić information content (AvgIpc) is 3.07. The van der Waals surface area contributed by atoms with Crippen molar-refractivity contribution in [3.8, 4) is 5.75 Å². The molecule has 1 aromatic rings. The molecule has 0 aliphatic carbocycles. The van der Waals surface area contributed by atoms with Crippen LogP contribution in [0.5, 0.6) is 5.75 Å². The van der Waals surface area contributed by atoms with E-state index in [0.717, 1.165) is 25.2 Å². The van der Waals surface area contributed by atoms with Crippen LogP contribution < -0.4 is 4.74 Å². The highest BCUT2D eigenvalue weighted by atomic mass is 32.2. The third kappa shape index (κ3) is 5.43. The number of hydrogen-bond acceptors (Lipinski definition) is 5. The summed E-state index contributed by atoms with van der Waals surface area (Å²) in [4.78, 5) is 16.3. The summed E-state index contributed by atoms with van der Waals surface area (Å²) >= 11 is 0.